The summed E-state index contributed by atoms with van der Waals surface area (Å²) in [5.41, 5.74) is 7.94. The second-order valence-electron chi connectivity index (χ2n) is 5.48. The van der Waals surface area contributed by atoms with Gasteiger partial charge in [0.1, 0.15) is 18.5 Å². The minimum absolute atomic E-state index is 0.0778. The fourth-order valence-electron chi connectivity index (χ4n) is 2.15. The topological polar surface area (TPSA) is 69.4 Å². The molecule has 0 saturated heterocycles. The Labute approximate surface area is 136 Å². The summed E-state index contributed by atoms with van der Waals surface area (Å²) in [6.07, 6.45) is -0.0289. The maximum Gasteiger partial charge on any atom is 0.175 e. The van der Waals surface area contributed by atoms with E-state index in [4.69, 9.17) is 10.5 Å². The molecule has 2 N–H and O–H groups in total. The van der Waals surface area contributed by atoms with Crippen molar-refractivity contribution in [1.82, 2.24) is 0 Å². The largest absolute Gasteiger partial charge is 0.490 e. The van der Waals surface area contributed by atoms with E-state index in [1.807, 2.05) is 19.1 Å². The van der Waals surface area contributed by atoms with Gasteiger partial charge in [0.15, 0.2) is 9.84 Å². The lowest BCUT2D eigenvalue weighted by atomic mass is 10.0. The van der Waals surface area contributed by atoms with Crippen LogP contribution in [0.5, 0.6) is 5.75 Å². The fourth-order valence-corrected chi connectivity index (χ4v) is 2.78. The van der Waals surface area contributed by atoms with Crippen LogP contribution in [0.2, 0.25) is 0 Å². The van der Waals surface area contributed by atoms with Gasteiger partial charge in [-0.25, -0.2) is 12.8 Å². The van der Waals surface area contributed by atoms with E-state index in [0.717, 1.165) is 16.7 Å². The van der Waals surface area contributed by atoms with Gasteiger partial charge in [0.05, 0.1) is 4.90 Å². The molecule has 0 saturated carbocycles. The highest BCUT2D eigenvalue weighted by Crippen LogP contribution is 2.27. The summed E-state index contributed by atoms with van der Waals surface area (Å²) in [6, 6.07) is 12.2. The second kappa shape index (κ2) is 7.10. The molecule has 0 unspecified atom stereocenters. The van der Waals surface area contributed by atoms with Crippen LogP contribution in [0.4, 0.5) is 4.39 Å². The monoisotopic (exact) mass is 337 g/mol. The van der Waals surface area contributed by atoms with Crippen molar-refractivity contribution in [3.63, 3.8) is 0 Å². The van der Waals surface area contributed by atoms with Gasteiger partial charge in [0.2, 0.25) is 0 Å². The van der Waals surface area contributed by atoms with Crippen molar-refractivity contribution in [2.24, 2.45) is 5.73 Å². The predicted molar refractivity (Wildman–Crippen MR) is 89.2 cm³/mol. The zero-order chi connectivity index (χ0) is 17.0. The van der Waals surface area contributed by atoms with Crippen LogP contribution in [-0.2, 0) is 9.84 Å². The standard InChI is InChI=1S/C17H20FNO3S/c1-12-7-14(9-16(8-12)22-11-15(18)10-19)13-3-5-17(6-4-13)23(2,20)21/h3-9,15H,10-11,19H2,1-2H3/t15-/m1/s1. The number of sulfone groups is 1. The van der Waals surface area contributed by atoms with Gasteiger partial charge in [-0.05, 0) is 47.9 Å². The summed E-state index contributed by atoms with van der Waals surface area (Å²) >= 11 is 0. The van der Waals surface area contributed by atoms with Crippen LogP contribution in [0.15, 0.2) is 47.4 Å². The molecule has 0 amide bonds. The smallest absolute Gasteiger partial charge is 0.175 e. The van der Waals surface area contributed by atoms with Crippen molar-refractivity contribution in [1.29, 1.82) is 0 Å². The molecule has 6 heteroatoms. The predicted octanol–water partition coefficient (Wildman–Crippen LogP) is 2.74. The molecule has 2 aromatic carbocycles. The van der Waals surface area contributed by atoms with Gasteiger partial charge in [-0.2, -0.15) is 0 Å². The Morgan fingerprint density at radius 1 is 1.13 bits per heavy atom. The molecule has 0 aromatic heterocycles. The maximum atomic E-state index is 13.2. The number of hydrogen-bond acceptors (Lipinski definition) is 4. The Kier molecular flexibility index (Phi) is 5.38. The van der Waals surface area contributed by atoms with Crippen molar-refractivity contribution in [2.75, 3.05) is 19.4 Å². The van der Waals surface area contributed by atoms with Crippen molar-refractivity contribution in [3.8, 4) is 16.9 Å². The number of alkyl halides is 1. The molecule has 0 bridgehead atoms. The molecule has 0 aliphatic carbocycles. The van der Waals surface area contributed by atoms with Crippen LogP contribution in [0.3, 0.4) is 0 Å². The van der Waals surface area contributed by atoms with Gasteiger partial charge in [-0.3, -0.25) is 0 Å². The Morgan fingerprint density at radius 3 is 2.35 bits per heavy atom. The van der Waals surface area contributed by atoms with Crippen LogP contribution in [0.1, 0.15) is 5.56 Å². The van der Waals surface area contributed by atoms with E-state index in [1.165, 1.54) is 6.26 Å². The molecule has 1 atom stereocenters. The molecular weight excluding hydrogens is 317 g/mol. The molecule has 0 aliphatic rings. The number of benzene rings is 2. The molecule has 0 heterocycles. The molecule has 4 nitrogen and oxygen atoms in total. The van der Waals surface area contributed by atoms with Crippen molar-refractivity contribution < 1.29 is 17.5 Å². The molecule has 2 rings (SSSR count). The highest BCUT2D eigenvalue weighted by molar-refractivity contribution is 7.90. The maximum absolute atomic E-state index is 13.2. The van der Waals surface area contributed by atoms with Gasteiger partial charge < -0.3 is 10.5 Å². The highest BCUT2D eigenvalue weighted by Gasteiger charge is 2.09. The molecule has 124 valence electrons. The first-order valence-electron chi connectivity index (χ1n) is 7.18. The number of halogens is 1. The normalized spacial score (nSPS) is 12.9. The van der Waals surface area contributed by atoms with Gasteiger partial charge in [0, 0.05) is 12.8 Å². The summed E-state index contributed by atoms with van der Waals surface area (Å²) in [4.78, 5) is 0.272. The lowest BCUT2D eigenvalue weighted by molar-refractivity contribution is 0.201. The van der Waals surface area contributed by atoms with E-state index in [2.05, 4.69) is 0 Å². The van der Waals surface area contributed by atoms with Crippen LogP contribution in [-0.4, -0.2) is 34.0 Å². The van der Waals surface area contributed by atoms with Crippen LogP contribution in [0, 0.1) is 6.92 Å². The van der Waals surface area contributed by atoms with Crippen molar-refractivity contribution >= 4 is 9.84 Å². The molecule has 2 aromatic rings. The Hall–Kier alpha value is -1.92. The Balaban J connectivity index is 2.27. The summed E-state index contributed by atoms with van der Waals surface area (Å²) in [7, 11) is -3.22. The van der Waals surface area contributed by atoms with E-state index >= 15 is 0 Å². The van der Waals surface area contributed by atoms with E-state index in [-0.39, 0.29) is 18.0 Å². The third-order valence-corrected chi connectivity index (χ3v) is 4.48. The van der Waals surface area contributed by atoms with E-state index < -0.39 is 16.0 Å². The highest BCUT2D eigenvalue weighted by atomic mass is 32.2. The molecule has 0 spiro atoms. The number of rotatable bonds is 6. The first-order chi connectivity index (χ1) is 10.8. The quantitative estimate of drug-likeness (QED) is 0.880. The fraction of sp³-hybridized carbons (Fsp3) is 0.294. The van der Waals surface area contributed by atoms with E-state index in [9.17, 15) is 12.8 Å². The first-order valence-corrected chi connectivity index (χ1v) is 9.08. The van der Waals surface area contributed by atoms with Crippen LogP contribution >= 0.6 is 0 Å². The first kappa shape index (κ1) is 17.4. The zero-order valence-corrected chi connectivity index (χ0v) is 13.9. The number of nitrogens with two attached hydrogens (primary N) is 1. The minimum atomic E-state index is -3.22. The minimum Gasteiger partial charge on any atom is -0.490 e. The molecule has 0 radical (unpaired) electrons. The van der Waals surface area contributed by atoms with Crippen LogP contribution in [0.25, 0.3) is 11.1 Å². The number of aryl methyl sites for hydroxylation is 1. The second-order valence-corrected chi connectivity index (χ2v) is 7.49. The molecule has 23 heavy (non-hydrogen) atoms. The number of ether oxygens (including phenoxy) is 1. The number of hydrogen-bond donors (Lipinski definition) is 1. The van der Waals surface area contributed by atoms with Crippen molar-refractivity contribution in [2.45, 2.75) is 18.0 Å². The Morgan fingerprint density at radius 2 is 1.78 bits per heavy atom. The third kappa shape index (κ3) is 4.77. The van der Waals surface area contributed by atoms with Gasteiger partial charge >= 0.3 is 0 Å². The summed E-state index contributed by atoms with van der Waals surface area (Å²) in [5.74, 6) is 0.559. The van der Waals surface area contributed by atoms with E-state index in [0.29, 0.717) is 5.75 Å². The summed E-state index contributed by atoms with van der Waals surface area (Å²) in [5, 5.41) is 0. The SMILES string of the molecule is Cc1cc(OC[C@H](F)CN)cc(-c2ccc(S(C)(=O)=O)cc2)c1. The molecule has 0 aliphatic heterocycles. The van der Waals surface area contributed by atoms with Gasteiger partial charge in [-0.1, -0.05) is 18.2 Å². The van der Waals surface area contributed by atoms with E-state index in [1.54, 1.807) is 30.3 Å². The zero-order valence-electron chi connectivity index (χ0n) is 13.1. The lowest BCUT2D eigenvalue weighted by Gasteiger charge is -2.12. The molecule has 0 fully saturated rings. The molecular formula is C17H20FNO3S. The third-order valence-electron chi connectivity index (χ3n) is 3.35. The van der Waals surface area contributed by atoms with Gasteiger partial charge in [-0.15, -0.1) is 0 Å². The van der Waals surface area contributed by atoms with Gasteiger partial charge in [0.25, 0.3) is 0 Å². The lowest BCUT2D eigenvalue weighted by Crippen LogP contribution is -2.22. The summed E-state index contributed by atoms with van der Waals surface area (Å²) in [6.45, 7) is 1.75. The average Bonchev–Trinajstić information content (AvgIpc) is 2.51. The summed E-state index contributed by atoms with van der Waals surface area (Å²) < 4.78 is 41.6. The average molecular weight is 337 g/mol. The van der Waals surface area contributed by atoms with Crippen LogP contribution < -0.4 is 10.5 Å². The Bertz CT molecular complexity index is 773. The van der Waals surface area contributed by atoms with Crippen molar-refractivity contribution in [3.05, 3.63) is 48.0 Å².